The first kappa shape index (κ1) is 19.9. The van der Waals surface area contributed by atoms with E-state index < -0.39 is 0 Å². The van der Waals surface area contributed by atoms with Crippen molar-refractivity contribution in [3.63, 3.8) is 0 Å². The molecule has 1 aliphatic heterocycles. The molecule has 1 aliphatic rings. The van der Waals surface area contributed by atoms with Gasteiger partial charge in [-0.25, -0.2) is 0 Å². The molecule has 2 aromatic carbocycles. The van der Waals surface area contributed by atoms with Gasteiger partial charge in [-0.1, -0.05) is 12.1 Å². The van der Waals surface area contributed by atoms with Crippen molar-refractivity contribution in [1.82, 2.24) is 4.90 Å². The molecular formula is C22H26N2O4. The average Bonchev–Trinajstić information content (AvgIpc) is 2.70. The zero-order valence-corrected chi connectivity index (χ0v) is 16.3. The number of ether oxygens (including phenoxy) is 2. The van der Waals surface area contributed by atoms with Gasteiger partial charge in [0.15, 0.2) is 0 Å². The van der Waals surface area contributed by atoms with E-state index in [4.69, 9.17) is 9.47 Å². The summed E-state index contributed by atoms with van der Waals surface area (Å²) in [5, 5.41) is 2.87. The van der Waals surface area contributed by atoms with Gasteiger partial charge in [-0.2, -0.15) is 0 Å². The van der Waals surface area contributed by atoms with Crippen molar-refractivity contribution in [2.45, 2.75) is 26.4 Å². The number of nitrogens with zero attached hydrogens (tertiary/aromatic N) is 1. The normalized spacial score (nSPS) is 14.0. The Morgan fingerprint density at radius 2 is 1.68 bits per heavy atom. The molecule has 0 bridgehead atoms. The second kappa shape index (κ2) is 9.37. The fraction of sp³-hybridized carbons (Fsp3) is 0.364. The molecule has 6 heteroatoms. The predicted octanol–water partition coefficient (Wildman–Crippen LogP) is 3.13. The van der Waals surface area contributed by atoms with E-state index in [1.54, 1.807) is 24.3 Å². The van der Waals surface area contributed by atoms with Crippen LogP contribution in [0.1, 0.15) is 29.8 Å². The smallest absolute Gasteiger partial charge is 0.255 e. The lowest BCUT2D eigenvalue weighted by Gasteiger charge is -2.26. The van der Waals surface area contributed by atoms with Crippen molar-refractivity contribution in [3.05, 3.63) is 59.7 Å². The third kappa shape index (κ3) is 5.57. The first-order chi connectivity index (χ1) is 13.5. The number of benzene rings is 2. The molecule has 1 fully saturated rings. The molecule has 1 N–H and O–H groups in total. The van der Waals surface area contributed by atoms with Gasteiger partial charge in [0.2, 0.25) is 5.91 Å². The van der Waals surface area contributed by atoms with Crippen LogP contribution in [0.5, 0.6) is 5.75 Å². The van der Waals surface area contributed by atoms with Gasteiger partial charge in [0.05, 0.1) is 25.7 Å². The lowest BCUT2D eigenvalue weighted by atomic mass is 10.1. The number of rotatable bonds is 6. The van der Waals surface area contributed by atoms with Crippen molar-refractivity contribution in [3.8, 4) is 5.75 Å². The van der Waals surface area contributed by atoms with Crippen LogP contribution < -0.4 is 10.1 Å². The van der Waals surface area contributed by atoms with Gasteiger partial charge in [0.25, 0.3) is 5.91 Å². The summed E-state index contributed by atoms with van der Waals surface area (Å²) < 4.78 is 10.9. The topological polar surface area (TPSA) is 67.9 Å². The Morgan fingerprint density at radius 1 is 1.04 bits per heavy atom. The lowest BCUT2D eigenvalue weighted by molar-refractivity contribution is -0.134. The Labute approximate surface area is 165 Å². The van der Waals surface area contributed by atoms with E-state index in [2.05, 4.69) is 5.32 Å². The van der Waals surface area contributed by atoms with Crippen LogP contribution in [0, 0.1) is 0 Å². The van der Waals surface area contributed by atoms with Crippen molar-refractivity contribution < 1.29 is 19.1 Å². The molecule has 148 valence electrons. The Kier molecular flexibility index (Phi) is 6.66. The Bertz CT molecular complexity index is 794. The van der Waals surface area contributed by atoms with E-state index in [0.717, 1.165) is 11.3 Å². The molecule has 0 atom stereocenters. The number of carbonyl (C=O) groups is 2. The average molecular weight is 382 g/mol. The van der Waals surface area contributed by atoms with Gasteiger partial charge in [-0.15, -0.1) is 0 Å². The summed E-state index contributed by atoms with van der Waals surface area (Å²) in [6.07, 6.45) is 0.444. The highest BCUT2D eigenvalue weighted by Crippen LogP contribution is 2.16. The highest BCUT2D eigenvalue weighted by molar-refractivity contribution is 6.04. The van der Waals surface area contributed by atoms with Gasteiger partial charge in [-0.3, -0.25) is 9.59 Å². The van der Waals surface area contributed by atoms with Crippen LogP contribution in [0.3, 0.4) is 0 Å². The number of carbonyl (C=O) groups excluding carboxylic acids is 2. The molecule has 6 nitrogen and oxygen atoms in total. The van der Waals surface area contributed by atoms with E-state index in [0.29, 0.717) is 44.0 Å². The van der Waals surface area contributed by atoms with Crippen LogP contribution in [0.15, 0.2) is 48.5 Å². The van der Waals surface area contributed by atoms with Crippen LogP contribution in [-0.2, 0) is 16.0 Å². The fourth-order valence-corrected chi connectivity index (χ4v) is 2.97. The van der Waals surface area contributed by atoms with E-state index in [9.17, 15) is 9.59 Å². The summed E-state index contributed by atoms with van der Waals surface area (Å²) in [7, 11) is 0. The van der Waals surface area contributed by atoms with Crippen LogP contribution in [0.25, 0.3) is 0 Å². The standard InChI is InChI=1S/C22H26N2O4/c1-16(2)28-20-9-5-18(6-10-20)22(26)23-19-7-3-17(4-8-19)15-21(25)24-11-13-27-14-12-24/h3-10,16H,11-15H2,1-2H3,(H,23,26). The third-order valence-electron chi connectivity index (χ3n) is 4.42. The van der Waals surface area contributed by atoms with Gasteiger partial charge in [0.1, 0.15) is 5.75 Å². The third-order valence-corrected chi connectivity index (χ3v) is 4.42. The number of hydrogen-bond donors (Lipinski definition) is 1. The molecule has 2 aromatic rings. The minimum absolute atomic E-state index is 0.0910. The van der Waals surface area contributed by atoms with Crippen LogP contribution in [0.4, 0.5) is 5.69 Å². The first-order valence-electron chi connectivity index (χ1n) is 9.54. The molecule has 0 saturated carbocycles. The number of anilines is 1. The summed E-state index contributed by atoms with van der Waals surface area (Å²) in [5.74, 6) is 0.651. The summed E-state index contributed by atoms with van der Waals surface area (Å²) >= 11 is 0. The molecule has 2 amide bonds. The fourth-order valence-electron chi connectivity index (χ4n) is 2.97. The maximum absolute atomic E-state index is 12.4. The largest absolute Gasteiger partial charge is 0.491 e. The molecule has 0 aromatic heterocycles. The molecule has 0 aliphatic carbocycles. The second-order valence-electron chi connectivity index (χ2n) is 7.01. The van der Waals surface area contributed by atoms with Crippen molar-refractivity contribution in [2.24, 2.45) is 0 Å². The maximum atomic E-state index is 12.4. The molecular weight excluding hydrogens is 356 g/mol. The molecule has 0 radical (unpaired) electrons. The number of amides is 2. The summed E-state index contributed by atoms with van der Waals surface area (Å²) in [4.78, 5) is 26.5. The number of nitrogens with one attached hydrogen (secondary N) is 1. The SMILES string of the molecule is CC(C)Oc1ccc(C(=O)Nc2ccc(CC(=O)N3CCOCC3)cc2)cc1. The second-order valence-corrected chi connectivity index (χ2v) is 7.01. The van der Waals surface area contributed by atoms with E-state index >= 15 is 0 Å². The monoisotopic (exact) mass is 382 g/mol. The van der Waals surface area contributed by atoms with Crippen molar-refractivity contribution in [1.29, 1.82) is 0 Å². The molecule has 0 spiro atoms. The minimum Gasteiger partial charge on any atom is -0.491 e. The summed E-state index contributed by atoms with van der Waals surface area (Å²) in [6, 6.07) is 14.4. The van der Waals surface area contributed by atoms with Gasteiger partial charge < -0.3 is 19.7 Å². The summed E-state index contributed by atoms with van der Waals surface area (Å²) in [5.41, 5.74) is 2.17. The lowest BCUT2D eigenvalue weighted by Crippen LogP contribution is -2.41. The first-order valence-corrected chi connectivity index (χ1v) is 9.54. The molecule has 1 saturated heterocycles. The van der Waals surface area contributed by atoms with Crippen LogP contribution in [-0.4, -0.2) is 49.1 Å². The Hall–Kier alpha value is -2.86. The molecule has 0 unspecified atom stereocenters. The molecule has 28 heavy (non-hydrogen) atoms. The van der Waals surface area contributed by atoms with Crippen molar-refractivity contribution >= 4 is 17.5 Å². The van der Waals surface area contributed by atoms with Crippen LogP contribution >= 0.6 is 0 Å². The minimum atomic E-state index is -0.187. The quantitative estimate of drug-likeness (QED) is 0.834. The Balaban J connectivity index is 1.54. The van der Waals surface area contributed by atoms with E-state index in [1.807, 2.05) is 43.0 Å². The summed E-state index contributed by atoms with van der Waals surface area (Å²) in [6.45, 7) is 6.40. The highest BCUT2D eigenvalue weighted by Gasteiger charge is 2.17. The van der Waals surface area contributed by atoms with E-state index in [1.165, 1.54) is 0 Å². The number of hydrogen-bond acceptors (Lipinski definition) is 4. The Morgan fingerprint density at radius 3 is 2.29 bits per heavy atom. The van der Waals surface area contributed by atoms with Gasteiger partial charge in [-0.05, 0) is 55.8 Å². The molecule has 1 heterocycles. The predicted molar refractivity (Wildman–Crippen MR) is 108 cm³/mol. The zero-order chi connectivity index (χ0) is 19.9. The molecule has 3 rings (SSSR count). The maximum Gasteiger partial charge on any atom is 0.255 e. The van der Waals surface area contributed by atoms with E-state index in [-0.39, 0.29) is 17.9 Å². The van der Waals surface area contributed by atoms with Gasteiger partial charge >= 0.3 is 0 Å². The number of morpholine rings is 1. The van der Waals surface area contributed by atoms with Gasteiger partial charge in [0, 0.05) is 24.3 Å². The zero-order valence-electron chi connectivity index (χ0n) is 16.3. The highest BCUT2D eigenvalue weighted by atomic mass is 16.5. The van der Waals surface area contributed by atoms with Crippen molar-refractivity contribution in [2.75, 3.05) is 31.6 Å². The van der Waals surface area contributed by atoms with Crippen LogP contribution in [0.2, 0.25) is 0 Å².